The summed E-state index contributed by atoms with van der Waals surface area (Å²) in [4.78, 5) is 0. The molecule has 1 saturated carbocycles. The fraction of sp³-hybridized carbons (Fsp3) is 0.857. The second kappa shape index (κ2) is 4.08. The Kier molecular flexibility index (Phi) is 3.38. The molecule has 1 atom stereocenters. The van der Waals surface area contributed by atoms with Crippen molar-refractivity contribution in [2.75, 3.05) is 11.3 Å². The van der Waals surface area contributed by atoms with E-state index in [-0.39, 0.29) is 5.92 Å². The molecule has 0 amide bonds. The number of nitrogens with zero attached hydrogens (tertiary/aromatic N) is 1. The summed E-state index contributed by atoms with van der Waals surface area (Å²) in [6.45, 7) is 0. The topological polar surface area (TPSA) is 104 Å². The summed E-state index contributed by atoms with van der Waals surface area (Å²) in [5.74, 6) is 0.0318. The van der Waals surface area contributed by atoms with E-state index in [9.17, 15) is 16.8 Å². The molecule has 8 heteroatoms. The van der Waals surface area contributed by atoms with Gasteiger partial charge in [-0.2, -0.15) is 9.98 Å². The van der Waals surface area contributed by atoms with E-state index in [1.54, 1.807) is 0 Å². The summed E-state index contributed by atoms with van der Waals surface area (Å²) in [5, 5.41) is 7.70. The molecular weight excluding hydrogens is 240 g/mol. The van der Waals surface area contributed by atoms with Crippen molar-refractivity contribution in [3.8, 4) is 6.07 Å². The van der Waals surface area contributed by atoms with Crippen molar-refractivity contribution >= 4 is 19.9 Å². The van der Waals surface area contributed by atoms with Crippen LogP contribution in [-0.2, 0) is 19.9 Å². The molecular formula is C7H12N2O4S2. The van der Waals surface area contributed by atoms with Crippen LogP contribution in [0.3, 0.4) is 0 Å². The third-order valence-electron chi connectivity index (χ3n) is 1.91. The lowest BCUT2D eigenvalue weighted by molar-refractivity contribution is 0.561. The van der Waals surface area contributed by atoms with Gasteiger partial charge < -0.3 is 0 Å². The number of nitrogens with one attached hydrogen (secondary N) is 1. The molecule has 0 aromatic rings. The highest BCUT2D eigenvalue weighted by atomic mass is 32.3. The van der Waals surface area contributed by atoms with Crippen LogP contribution >= 0.6 is 0 Å². The van der Waals surface area contributed by atoms with E-state index in [0.29, 0.717) is 0 Å². The van der Waals surface area contributed by atoms with Gasteiger partial charge in [0, 0.05) is 6.26 Å². The Hall–Kier alpha value is -0.650. The van der Waals surface area contributed by atoms with Crippen LogP contribution < -0.4 is 4.72 Å². The first-order valence-corrected chi connectivity index (χ1v) is 8.02. The minimum atomic E-state index is -3.92. The molecule has 6 nitrogen and oxygen atoms in total. The fourth-order valence-electron chi connectivity index (χ4n) is 1.17. The normalized spacial score (nSPS) is 19.5. The van der Waals surface area contributed by atoms with Gasteiger partial charge in [-0.15, -0.1) is 0 Å². The molecule has 15 heavy (non-hydrogen) atoms. The zero-order valence-electron chi connectivity index (χ0n) is 8.17. The van der Waals surface area contributed by atoms with Crippen molar-refractivity contribution in [1.82, 2.24) is 4.72 Å². The quantitative estimate of drug-likeness (QED) is 0.690. The van der Waals surface area contributed by atoms with E-state index in [2.05, 4.69) is 4.72 Å². The average Bonchev–Trinajstić information content (AvgIpc) is 2.77. The molecule has 0 spiro atoms. The molecule has 1 unspecified atom stereocenters. The summed E-state index contributed by atoms with van der Waals surface area (Å²) in [6.07, 6.45) is 2.45. The van der Waals surface area contributed by atoms with Gasteiger partial charge in [-0.25, -0.2) is 16.8 Å². The van der Waals surface area contributed by atoms with Gasteiger partial charge in [-0.1, -0.05) is 0 Å². The van der Waals surface area contributed by atoms with E-state index in [4.69, 9.17) is 5.26 Å². The van der Waals surface area contributed by atoms with Crippen LogP contribution in [0.5, 0.6) is 0 Å². The predicted molar refractivity (Wildman–Crippen MR) is 53.9 cm³/mol. The highest BCUT2D eigenvalue weighted by molar-refractivity contribution is 8.06. The summed E-state index contributed by atoms with van der Waals surface area (Å²) < 4.78 is 46.3. The molecule has 1 rings (SSSR count). The molecule has 0 aromatic carbocycles. The van der Waals surface area contributed by atoms with Crippen LogP contribution in [0.25, 0.3) is 0 Å². The molecule has 1 N–H and O–H groups in total. The van der Waals surface area contributed by atoms with Gasteiger partial charge in [0.2, 0.25) is 10.0 Å². The highest BCUT2D eigenvalue weighted by Gasteiger charge is 2.34. The molecule has 0 heterocycles. The van der Waals surface area contributed by atoms with E-state index in [0.717, 1.165) is 19.1 Å². The lowest BCUT2D eigenvalue weighted by Crippen LogP contribution is -2.38. The van der Waals surface area contributed by atoms with Gasteiger partial charge in [-0.3, -0.25) is 0 Å². The van der Waals surface area contributed by atoms with Crippen molar-refractivity contribution in [3.05, 3.63) is 0 Å². The van der Waals surface area contributed by atoms with E-state index in [1.807, 2.05) is 6.07 Å². The van der Waals surface area contributed by atoms with Crippen molar-refractivity contribution < 1.29 is 16.8 Å². The van der Waals surface area contributed by atoms with Crippen molar-refractivity contribution in [3.63, 3.8) is 0 Å². The maximum Gasteiger partial charge on any atom is 0.227 e. The zero-order valence-corrected chi connectivity index (χ0v) is 9.81. The van der Waals surface area contributed by atoms with Gasteiger partial charge in [0.15, 0.2) is 14.9 Å². The number of rotatable bonds is 5. The smallest absolute Gasteiger partial charge is 0.227 e. The number of hydrogen-bond acceptors (Lipinski definition) is 5. The Labute approximate surface area is 89.3 Å². The van der Waals surface area contributed by atoms with Crippen LogP contribution in [0.15, 0.2) is 0 Å². The van der Waals surface area contributed by atoms with Crippen molar-refractivity contribution in [2.24, 2.45) is 5.92 Å². The summed E-state index contributed by atoms with van der Waals surface area (Å²) in [7, 11) is -7.52. The Morgan fingerprint density at radius 3 is 2.27 bits per heavy atom. The van der Waals surface area contributed by atoms with Gasteiger partial charge in [-0.05, 0) is 18.8 Å². The van der Waals surface area contributed by atoms with Crippen LogP contribution in [0, 0.1) is 17.2 Å². The van der Waals surface area contributed by atoms with Crippen molar-refractivity contribution in [2.45, 2.75) is 18.9 Å². The second-order valence-electron chi connectivity index (χ2n) is 3.72. The Morgan fingerprint density at radius 2 is 1.93 bits per heavy atom. The molecule has 0 aromatic heterocycles. The Morgan fingerprint density at radius 1 is 1.40 bits per heavy atom. The minimum Gasteiger partial charge on any atom is -0.228 e. The molecule has 0 saturated heterocycles. The summed E-state index contributed by atoms with van der Waals surface area (Å²) in [5.41, 5.74) is 0. The fourth-order valence-corrected chi connectivity index (χ4v) is 4.33. The first-order valence-electron chi connectivity index (χ1n) is 4.31. The Bertz CT molecular complexity index is 470. The summed E-state index contributed by atoms with van der Waals surface area (Å²) >= 11 is 0. The van der Waals surface area contributed by atoms with Crippen LogP contribution in [-0.4, -0.2) is 34.2 Å². The Balaban J connectivity index is 2.67. The van der Waals surface area contributed by atoms with Crippen LogP contribution in [0.4, 0.5) is 0 Å². The van der Waals surface area contributed by atoms with Crippen LogP contribution in [0.1, 0.15) is 12.8 Å². The highest BCUT2D eigenvalue weighted by Crippen LogP contribution is 2.32. The van der Waals surface area contributed by atoms with Gasteiger partial charge in [0.1, 0.15) is 6.04 Å². The monoisotopic (exact) mass is 252 g/mol. The standard InChI is InChI=1S/C7H12N2O4S2/c1-14(10,11)5-15(12,13)9-7(4-8)6-2-3-6/h6-7,9H,2-3,5H2,1H3. The third kappa shape index (κ3) is 4.59. The first kappa shape index (κ1) is 12.4. The molecule has 1 aliphatic carbocycles. The molecule has 0 aliphatic heterocycles. The maximum absolute atomic E-state index is 11.3. The van der Waals surface area contributed by atoms with E-state index < -0.39 is 31.0 Å². The average molecular weight is 252 g/mol. The molecule has 0 radical (unpaired) electrons. The predicted octanol–water partition coefficient (Wildman–Crippen LogP) is -0.790. The number of sulfone groups is 1. The largest absolute Gasteiger partial charge is 0.228 e. The minimum absolute atomic E-state index is 0.0318. The van der Waals surface area contributed by atoms with Gasteiger partial charge in [0.25, 0.3) is 0 Å². The van der Waals surface area contributed by atoms with Crippen LogP contribution in [0.2, 0.25) is 0 Å². The third-order valence-corrected chi connectivity index (χ3v) is 5.48. The maximum atomic E-state index is 11.3. The number of hydrogen-bond donors (Lipinski definition) is 1. The molecule has 1 fully saturated rings. The number of nitriles is 1. The molecule has 1 aliphatic rings. The zero-order chi connectivity index (χ0) is 11.7. The van der Waals surface area contributed by atoms with Gasteiger partial charge >= 0.3 is 0 Å². The van der Waals surface area contributed by atoms with E-state index >= 15 is 0 Å². The first-order chi connectivity index (χ1) is 6.73. The van der Waals surface area contributed by atoms with Gasteiger partial charge in [0.05, 0.1) is 6.07 Å². The lowest BCUT2D eigenvalue weighted by atomic mass is 10.2. The summed E-state index contributed by atoms with van der Waals surface area (Å²) in [6, 6.07) is 1.03. The second-order valence-corrected chi connectivity index (χ2v) is 7.98. The number of sulfonamides is 1. The SMILES string of the molecule is CS(=O)(=O)CS(=O)(=O)NC(C#N)C1CC1. The molecule has 0 bridgehead atoms. The lowest BCUT2D eigenvalue weighted by Gasteiger charge is -2.09. The van der Waals surface area contributed by atoms with Crippen molar-refractivity contribution in [1.29, 1.82) is 5.26 Å². The molecule has 86 valence electrons. The van der Waals surface area contributed by atoms with E-state index in [1.165, 1.54) is 0 Å².